The maximum Gasteiger partial charge on any atom is 0.258 e. The zero-order chi connectivity index (χ0) is 20.1. The molecule has 0 radical (unpaired) electrons. The fraction of sp³-hybridized carbons (Fsp3) is 0.440. The molecular formula is C25H30N2O2. The normalized spacial score (nSPS) is 17.7. The third-order valence-electron chi connectivity index (χ3n) is 6.23. The Morgan fingerprint density at radius 3 is 2.28 bits per heavy atom. The number of aryl methyl sites for hydroxylation is 1. The molecule has 2 aromatic rings. The molecule has 0 atom stereocenters. The van der Waals surface area contributed by atoms with Crippen molar-refractivity contribution in [3.63, 3.8) is 0 Å². The molecule has 4 nitrogen and oxygen atoms in total. The van der Waals surface area contributed by atoms with Gasteiger partial charge in [-0.3, -0.25) is 9.59 Å². The molecule has 4 heteroatoms. The number of benzene rings is 2. The third kappa shape index (κ3) is 4.69. The van der Waals surface area contributed by atoms with Gasteiger partial charge in [0.15, 0.2) is 0 Å². The van der Waals surface area contributed by atoms with Crippen LogP contribution in [0.25, 0.3) is 0 Å². The van der Waals surface area contributed by atoms with Crippen molar-refractivity contribution in [3.8, 4) is 0 Å². The zero-order valence-corrected chi connectivity index (χ0v) is 17.0. The van der Waals surface area contributed by atoms with Crippen LogP contribution in [0.5, 0.6) is 0 Å². The van der Waals surface area contributed by atoms with E-state index in [2.05, 4.69) is 11.4 Å². The topological polar surface area (TPSA) is 49.4 Å². The average Bonchev–Trinajstić information content (AvgIpc) is 2.73. The van der Waals surface area contributed by atoms with Crippen LogP contribution in [0.15, 0.2) is 48.5 Å². The molecule has 1 aliphatic heterocycles. The first-order valence-electron chi connectivity index (χ1n) is 11.0. The molecule has 1 aliphatic carbocycles. The Labute approximate surface area is 173 Å². The summed E-state index contributed by atoms with van der Waals surface area (Å²) in [5, 5.41) is 3.06. The van der Waals surface area contributed by atoms with Gasteiger partial charge in [0.25, 0.3) is 5.91 Å². The lowest BCUT2D eigenvalue weighted by atomic mass is 9.90. The first-order valence-corrected chi connectivity index (χ1v) is 11.0. The molecular weight excluding hydrogens is 360 g/mol. The molecule has 2 aliphatic rings. The van der Waals surface area contributed by atoms with Crippen molar-refractivity contribution in [2.75, 3.05) is 16.8 Å². The summed E-state index contributed by atoms with van der Waals surface area (Å²) in [7, 11) is 0. The van der Waals surface area contributed by atoms with Crippen LogP contribution in [0.2, 0.25) is 0 Å². The summed E-state index contributed by atoms with van der Waals surface area (Å²) in [6, 6.07) is 15.5. The van der Waals surface area contributed by atoms with Crippen molar-refractivity contribution in [1.29, 1.82) is 0 Å². The molecule has 0 bridgehead atoms. The zero-order valence-electron chi connectivity index (χ0n) is 17.0. The maximum atomic E-state index is 13.1. The van der Waals surface area contributed by atoms with Gasteiger partial charge in [-0.05, 0) is 61.6 Å². The van der Waals surface area contributed by atoms with Crippen molar-refractivity contribution in [1.82, 2.24) is 0 Å². The average molecular weight is 391 g/mol. The molecule has 0 spiro atoms. The predicted molar refractivity (Wildman–Crippen MR) is 117 cm³/mol. The van der Waals surface area contributed by atoms with Crippen LogP contribution in [0, 0.1) is 5.92 Å². The molecule has 1 saturated carbocycles. The molecule has 2 aromatic carbocycles. The van der Waals surface area contributed by atoms with E-state index in [4.69, 9.17) is 0 Å². The SMILES string of the molecule is O=C(Nc1ccc(C(=O)N2CCCc3ccccc32)cc1)C1CCCCCCC1. The van der Waals surface area contributed by atoms with Gasteiger partial charge in [-0.1, -0.05) is 50.3 Å². The van der Waals surface area contributed by atoms with Crippen LogP contribution in [0.3, 0.4) is 0 Å². The number of anilines is 2. The highest BCUT2D eigenvalue weighted by Crippen LogP contribution is 2.28. The summed E-state index contributed by atoms with van der Waals surface area (Å²) < 4.78 is 0. The smallest absolute Gasteiger partial charge is 0.258 e. The highest BCUT2D eigenvalue weighted by Gasteiger charge is 2.23. The molecule has 2 amide bonds. The number of carbonyl (C=O) groups is 2. The van der Waals surface area contributed by atoms with Gasteiger partial charge < -0.3 is 10.2 Å². The molecule has 4 rings (SSSR count). The van der Waals surface area contributed by atoms with Gasteiger partial charge in [-0.25, -0.2) is 0 Å². The van der Waals surface area contributed by atoms with Crippen LogP contribution in [-0.2, 0) is 11.2 Å². The molecule has 1 heterocycles. The first-order chi connectivity index (χ1) is 14.2. The van der Waals surface area contributed by atoms with E-state index in [0.29, 0.717) is 5.56 Å². The summed E-state index contributed by atoms with van der Waals surface area (Å²) in [5.41, 5.74) is 3.68. The number of carbonyl (C=O) groups excluding carboxylic acids is 2. The van der Waals surface area contributed by atoms with Crippen LogP contribution < -0.4 is 10.2 Å². The van der Waals surface area contributed by atoms with Gasteiger partial charge in [0.05, 0.1) is 0 Å². The second-order valence-electron chi connectivity index (χ2n) is 8.30. The number of amides is 2. The lowest BCUT2D eigenvalue weighted by molar-refractivity contribution is -0.120. The highest BCUT2D eigenvalue weighted by atomic mass is 16.2. The quantitative estimate of drug-likeness (QED) is 0.744. The van der Waals surface area contributed by atoms with E-state index in [1.165, 1.54) is 24.8 Å². The number of nitrogens with one attached hydrogen (secondary N) is 1. The molecule has 0 unspecified atom stereocenters. The van der Waals surface area contributed by atoms with E-state index >= 15 is 0 Å². The van der Waals surface area contributed by atoms with Crippen molar-refractivity contribution < 1.29 is 9.59 Å². The molecule has 1 fully saturated rings. The second kappa shape index (κ2) is 9.25. The van der Waals surface area contributed by atoms with Gasteiger partial charge in [0, 0.05) is 29.4 Å². The standard InChI is InChI=1S/C25H30N2O2/c28-24(20-10-4-2-1-3-5-11-20)26-22-16-14-21(15-17-22)25(29)27-18-8-12-19-9-6-7-13-23(19)27/h6-7,9,13-17,20H,1-5,8,10-12,18H2,(H,26,28). The van der Waals surface area contributed by atoms with Crippen LogP contribution >= 0.6 is 0 Å². The summed E-state index contributed by atoms with van der Waals surface area (Å²) in [6.07, 6.45) is 10.0. The Kier molecular flexibility index (Phi) is 6.28. The lowest BCUT2D eigenvalue weighted by Crippen LogP contribution is -2.35. The van der Waals surface area contributed by atoms with Crippen molar-refractivity contribution in [2.24, 2.45) is 5.92 Å². The first kappa shape index (κ1) is 19.7. The minimum Gasteiger partial charge on any atom is -0.326 e. The number of rotatable bonds is 3. The summed E-state index contributed by atoms with van der Waals surface area (Å²) in [5.74, 6) is 0.257. The summed E-state index contributed by atoms with van der Waals surface area (Å²) in [6.45, 7) is 0.746. The Bertz CT molecular complexity index is 851. The number of fused-ring (bicyclic) bond motifs is 1. The van der Waals surface area contributed by atoms with E-state index in [-0.39, 0.29) is 17.7 Å². The van der Waals surface area contributed by atoms with E-state index < -0.39 is 0 Å². The van der Waals surface area contributed by atoms with Crippen LogP contribution in [0.1, 0.15) is 67.3 Å². The lowest BCUT2D eigenvalue weighted by Gasteiger charge is -2.29. The third-order valence-corrected chi connectivity index (χ3v) is 6.23. The monoisotopic (exact) mass is 390 g/mol. The molecule has 0 saturated heterocycles. The van der Waals surface area contributed by atoms with Gasteiger partial charge >= 0.3 is 0 Å². The molecule has 1 N–H and O–H groups in total. The Morgan fingerprint density at radius 1 is 0.828 bits per heavy atom. The Morgan fingerprint density at radius 2 is 1.52 bits per heavy atom. The van der Waals surface area contributed by atoms with E-state index in [1.54, 1.807) is 0 Å². The van der Waals surface area contributed by atoms with Gasteiger partial charge in [-0.2, -0.15) is 0 Å². The number of nitrogens with zero attached hydrogens (tertiary/aromatic N) is 1. The maximum absolute atomic E-state index is 13.1. The van der Waals surface area contributed by atoms with Crippen molar-refractivity contribution >= 4 is 23.2 Å². The van der Waals surface area contributed by atoms with Crippen LogP contribution in [0.4, 0.5) is 11.4 Å². The second-order valence-corrected chi connectivity index (χ2v) is 8.30. The summed E-state index contributed by atoms with van der Waals surface area (Å²) in [4.78, 5) is 27.6. The number of para-hydroxylation sites is 1. The number of hydrogen-bond acceptors (Lipinski definition) is 2. The minimum absolute atomic E-state index is 0.0232. The van der Waals surface area contributed by atoms with Gasteiger partial charge in [0.2, 0.25) is 5.91 Å². The highest BCUT2D eigenvalue weighted by molar-refractivity contribution is 6.07. The fourth-order valence-electron chi connectivity index (χ4n) is 4.56. The van der Waals surface area contributed by atoms with Crippen LogP contribution in [-0.4, -0.2) is 18.4 Å². The van der Waals surface area contributed by atoms with E-state index in [9.17, 15) is 9.59 Å². The minimum atomic E-state index is 0.0232. The Balaban J connectivity index is 1.41. The van der Waals surface area contributed by atoms with Gasteiger partial charge in [0.1, 0.15) is 0 Å². The van der Waals surface area contributed by atoms with Crippen molar-refractivity contribution in [2.45, 2.75) is 57.8 Å². The molecule has 152 valence electrons. The number of hydrogen-bond donors (Lipinski definition) is 1. The van der Waals surface area contributed by atoms with Gasteiger partial charge in [-0.15, -0.1) is 0 Å². The van der Waals surface area contributed by atoms with E-state index in [1.807, 2.05) is 47.4 Å². The predicted octanol–water partition coefficient (Wildman–Crippen LogP) is 5.58. The summed E-state index contributed by atoms with van der Waals surface area (Å²) >= 11 is 0. The van der Waals surface area contributed by atoms with Crippen molar-refractivity contribution in [3.05, 3.63) is 59.7 Å². The van der Waals surface area contributed by atoms with E-state index in [0.717, 1.165) is 56.4 Å². The Hall–Kier alpha value is -2.62. The largest absolute Gasteiger partial charge is 0.326 e. The molecule has 0 aromatic heterocycles. The molecule has 29 heavy (non-hydrogen) atoms. The fourth-order valence-corrected chi connectivity index (χ4v) is 4.56.